The molecule has 0 atom stereocenters. The monoisotopic (exact) mass is 295 g/mol. The molecule has 0 saturated heterocycles. The number of aryl methyl sites for hydroxylation is 1. The van der Waals surface area contributed by atoms with E-state index < -0.39 is 0 Å². The zero-order valence-corrected chi connectivity index (χ0v) is 11.9. The van der Waals surface area contributed by atoms with Gasteiger partial charge in [0.2, 0.25) is 0 Å². The van der Waals surface area contributed by atoms with Crippen LogP contribution in [0.5, 0.6) is 0 Å². The van der Waals surface area contributed by atoms with Crippen LogP contribution in [0.2, 0.25) is 0 Å². The van der Waals surface area contributed by atoms with Gasteiger partial charge < -0.3 is 4.98 Å². The van der Waals surface area contributed by atoms with Crippen LogP contribution in [0.1, 0.15) is 11.3 Å². The molecule has 1 heterocycles. The van der Waals surface area contributed by atoms with Crippen molar-refractivity contribution in [2.75, 3.05) is 24.8 Å². The fourth-order valence-corrected chi connectivity index (χ4v) is 2.27. The van der Waals surface area contributed by atoms with Crippen molar-refractivity contribution in [2.24, 2.45) is 0 Å². The molecule has 1 rings (SSSR count). The number of hydrogen-bond acceptors (Lipinski definition) is 3. The molecular weight excluding hydrogens is 281 g/mol. The highest BCUT2D eigenvalue weighted by atomic mass is 35.5. The van der Waals surface area contributed by atoms with Gasteiger partial charge in [0.05, 0.1) is 5.56 Å². The van der Waals surface area contributed by atoms with Crippen LogP contribution >= 0.6 is 35.4 Å². The van der Waals surface area contributed by atoms with Crippen LogP contribution in [-0.2, 0) is 6.54 Å². The number of hydrogen-bond donors (Lipinski definition) is 2. The van der Waals surface area contributed by atoms with Crippen molar-refractivity contribution in [3.05, 3.63) is 26.4 Å². The lowest BCUT2D eigenvalue weighted by Crippen LogP contribution is -2.31. The van der Waals surface area contributed by atoms with Crippen LogP contribution in [0.15, 0.2) is 4.79 Å². The maximum atomic E-state index is 11.8. The highest BCUT2D eigenvalue weighted by molar-refractivity contribution is 7.71. The van der Waals surface area contributed by atoms with Gasteiger partial charge in [0, 0.05) is 37.1 Å². The second kappa shape index (κ2) is 7.16. The normalized spacial score (nSPS) is 11.1. The first-order chi connectivity index (χ1) is 8.08. The van der Waals surface area contributed by atoms with Gasteiger partial charge in [-0.1, -0.05) is 0 Å². The Kier molecular flexibility index (Phi) is 6.19. The maximum absolute atomic E-state index is 11.8. The number of H-pyrrole nitrogens is 2. The van der Waals surface area contributed by atoms with Gasteiger partial charge in [-0.15, -0.1) is 23.2 Å². The van der Waals surface area contributed by atoms with E-state index in [1.807, 2.05) is 11.8 Å². The van der Waals surface area contributed by atoms with E-state index in [4.69, 9.17) is 35.4 Å². The minimum atomic E-state index is -0.152. The standard InChI is InChI=1S/C10H15Cl2N3OS/c1-7-8(9(16)14-10(17)13-7)6-15(4-2-11)5-3-12/h2-6H2,1H3,(H2,13,14,16,17). The Balaban J connectivity index is 2.92. The molecule has 1 aromatic heterocycles. The molecule has 0 radical (unpaired) electrons. The Morgan fingerprint density at radius 1 is 1.24 bits per heavy atom. The van der Waals surface area contributed by atoms with Crippen molar-refractivity contribution in [3.8, 4) is 0 Å². The Bertz CT molecular complexity index is 465. The summed E-state index contributed by atoms with van der Waals surface area (Å²) in [6.07, 6.45) is 0. The number of alkyl halides is 2. The van der Waals surface area contributed by atoms with Gasteiger partial charge in [-0.3, -0.25) is 14.7 Å². The summed E-state index contributed by atoms with van der Waals surface area (Å²) in [5, 5.41) is 0. The predicted molar refractivity (Wildman–Crippen MR) is 73.7 cm³/mol. The summed E-state index contributed by atoms with van der Waals surface area (Å²) in [7, 11) is 0. The molecule has 0 unspecified atom stereocenters. The lowest BCUT2D eigenvalue weighted by molar-refractivity contribution is 0.297. The Morgan fingerprint density at radius 3 is 2.29 bits per heavy atom. The maximum Gasteiger partial charge on any atom is 0.256 e. The van der Waals surface area contributed by atoms with Crippen LogP contribution in [0.3, 0.4) is 0 Å². The molecule has 0 spiro atoms. The van der Waals surface area contributed by atoms with Crippen LogP contribution in [0, 0.1) is 11.7 Å². The SMILES string of the molecule is Cc1[nH]c(=S)[nH]c(=O)c1CN(CCCl)CCCl. The molecular formula is C10H15Cl2N3OS. The third-order valence-corrected chi connectivity index (χ3v) is 2.98. The van der Waals surface area contributed by atoms with E-state index in [1.54, 1.807) is 0 Å². The fraction of sp³-hybridized carbons (Fsp3) is 0.600. The van der Waals surface area contributed by atoms with E-state index in [9.17, 15) is 4.79 Å². The van der Waals surface area contributed by atoms with Crippen molar-refractivity contribution >= 4 is 35.4 Å². The summed E-state index contributed by atoms with van der Waals surface area (Å²) < 4.78 is 0.345. The molecule has 0 bridgehead atoms. The van der Waals surface area contributed by atoms with E-state index >= 15 is 0 Å². The zero-order chi connectivity index (χ0) is 12.8. The summed E-state index contributed by atoms with van der Waals surface area (Å²) in [6, 6.07) is 0. The van der Waals surface area contributed by atoms with Gasteiger partial charge in [-0.05, 0) is 19.1 Å². The number of nitrogens with one attached hydrogen (secondary N) is 2. The van der Waals surface area contributed by atoms with Crippen LogP contribution < -0.4 is 5.56 Å². The summed E-state index contributed by atoms with van der Waals surface area (Å²) in [4.78, 5) is 19.3. The fourth-order valence-electron chi connectivity index (χ4n) is 1.55. The molecule has 0 aromatic carbocycles. The van der Waals surface area contributed by atoms with E-state index in [2.05, 4.69) is 9.97 Å². The highest BCUT2D eigenvalue weighted by Gasteiger charge is 2.10. The number of aromatic nitrogens is 2. The number of nitrogens with zero attached hydrogens (tertiary/aromatic N) is 1. The molecule has 1 aromatic rings. The van der Waals surface area contributed by atoms with Crippen LogP contribution in [0.4, 0.5) is 0 Å². The van der Waals surface area contributed by atoms with Crippen molar-refractivity contribution in [3.63, 3.8) is 0 Å². The number of rotatable bonds is 6. The quantitative estimate of drug-likeness (QED) is 0.624. The molecule has 0 saturated carbocycles. The van der Waals surface area contributed by atoms with Crippen molar-refractivity contribution in [1.82, 2.24) is 14.9 Å². The lowest BCUT2D eigenvalue weighted by atomic mass is 10.2. The van der Waals surface area contributed by atoms with Crippen molar-refractivity contribution in [2.45, 2.75) is 13.5 Å². The first-order valence-electron chi connectivity index (χ1n) is 5.25. The largest absolute Gasteiger partial charge is 0.336 e. The Morgan fingerprint density at radius 2 is 1.82 bits per heavy atom. The second-order valence-corrected chi connectivity index (χ2v) is 4.83. The molecule has 7 heteroatoms. The van der Waals surface area contributed by atoms with Gasteiger partial charge >= 0.3 is 0 Å². The van der Waals surface area contributed by atoms with E-state index in [0.717, 1.165) is 5.69 Å². The number of halogens is 2. The molecule has 0 aliphatic heterocycles. The summed E-state index contributed by atoms with van der Waals surface area (Å²) in [5.74, 6) is 1.02. The molecule has 0 aliphatic rings. The van der Waals surface area contributed by atoms with Crippen molar-refractivity contribution in [1.29, 1.82) is 0 Å². The second-order valence-electron chi connectivity index (χ2n) is 3.67. The first kappa shape index (κ1) is 14.7. The van der Waals surface area contributed by atoms with Crippen molar-refractivity contribution < 1.29 is 0 Å². The molecule has 0 fully saturated rings. The smallest absolute Gasteiger partial charge is 0.256 e. The molecule has 17 heavy (non-hydrogen) atoms. The topological polar surface area (TPSA) is 51.9 Å². The van der Waals surface area contributed by atoms with Gasteiger partial charge in [-0.25, -0.2) is 0 Å². The minimum absolute atomic E-state index is 0.152. The lowest BCUT2D eigenvalue weighted by Gasteiger charge is -2.20. The highest BCUT2D eigenvalue weighted by Crippen LogP contribution is 2.04. The van der Waals surface area contributed by atoms with E-state index in [0.29, 0.717) is 41.7 Å². The van der Waals surface area contributed by atoms with Crippen LogP contribution in [-0.4, -0.2) is 39.7 Å². The molecule has 0 aliphatic carbocycles. The molecule has 4 nitrogen and oxygen atoms in total. The average Bonchev–Trinajstić information content (AvgIpc) is 2.23. The summed E-state index contributed by atoms with van der Waals surface area (Å²) in [6.45, 7) is 3.75. The number of aromatic amines is 2. The average molecular weight is 296 g/mol. The van der Waals surface area contributed by atoms with Gasteiger partial charge in [0.25, 0.3) is 5.56 Å². The van der Waals surface area contributed by atoms with Crippen LogP contribution in [0.25, 0.3) is 0 Å². The summed E-state index contributed by atoms with van der Waals surface area (Å²) >= 11 is 16.3. The molecule has 0 amide bonds. The molecule has 2 N–H and O–H groups in total. The third kappa shape index (κ3) is 4.43. The van der Waals surface area contributed by atoms with Gasteiger partial charge in [0.1, 0.15) is 0 Å². The van der Waals surface area contributed by atoms with Gasteiger partial charge in [0.15, 0.2) is 4.77 Å². The van der Waals surface area contributed by atoms with E-state index in [-0.39, 0.29) is 5.56 Å². The third-order valence-electron chi connectivity index (χ3n) is 2.44. The Labute approximate surface area is 115 Å². The summed E-state index contributed by atoms with van der Waals surface area (Å²) in [5.41, 5.74) is 1.31. The minimum Gasteiger partial charge on any atom is -0.336 e. The predicted octanol–water partition coefficient (Wildman–Crippen LogP) is 2.02. The first-order valence-corrected chi connectivity index (χ1v) is 6.72. The molecule has 96 valence electrons. The zero-order valence-electron chi connectivity index (χ0n) is 9.56. The Hall–Kier alpha value is -0.360. The van der Waals surface area contributed by atoms with E-state index in [1.165, 1.54) is 0 Å². The van der Waals surface area contributed by atoms with Gasteiger partial charge in [-0.2, -0.15) is 0 Å².